The van der Waals surface area contributed by atoms with Crippen LogP contribution < -0.4 is 10.4 Å². The SMILES string of the molecule is Cc1c(C(=O)[O-])cccc1-c1ccc(/C=C2\SC(=O)NC2=O)o1. The highest BCUT2D eigenvalue weighted by Gasteiger charge is 2.25. The molecule has 1 aromatic heterocycles. The smallest absolute Gasteiger partial charge is 0.290 e. The van der Waals surface area contributed by atoms with Gasteiger partial charge >= 0.3 is 0 Å². The number of amides is 2. The number of hydrogen-bond donors (Lipinski definition) is 1. The third-order valence-corrected chi connectivity index (χ3v) is 4.17. The highest BCUT2D eigenvalue weighted by molar-refractivity contribution is 8.18. The molecule has 0 spiro atoms. The maximum Gasteiger partial charge on any atom is 0.290 e. The number of thioether (sulfide) groups is 1. The molecule has 2 aromatic rings. The van der Waals surface area contributed by atoms with E-state index < -0.39 is 17.1 Å². The van der Waals surface area contributed by atoms with Crippen LogP contribution in [0.1, 0.15) is 21.7 Å². The van der Waals surface area contributed by atoms with E-state index in [9.17, 15) is 19.5 Å². The van der Waals surface area contributed by atoms with Crippen molar-refractivity contribution in [2.45, 2.75) is 6.92 Å². The van der Waals surface area contributed by atoms with Gasteiger partial charge in [-0.05, 0) is 36.4 Å². The monoisotopic (exact) mass is 328 g/mol. The summed E-state index contributed by atoms with van der Waals surface area (Å²) in [6.07, 6.45) is 1.46. The van der Waals surface area contributed by atoms with Crippen LogP contribution in [0.2, 0.25) is 0 Å². The lowest BCUT2D eigenvalue weighted by molar-refractivity contribution is -0.255. The number of carboxylic acid groups (broad SMARTS) is 1. The van der Waals surface area contributed by atoms with Crippen molar-refractivity contribution >= 4 is 35.0 Å². The Labute approximate surface area is 135 Å². The van der Waals surface area contributed by atoms with Gasteiger partial charge in [-0.2, -0.15) is 0 Å². The van der Waals surface area contributed by atoms with E-state index in [0.717, 1.165) is 11.8 Å². The fraction of sp³-hybridized carbons (Fsp3) is 0.0625. The highest BCUT2D eigenvalue weighted by atomic mass is 32.2. The Balaban J connectivity index is 1.96. The molecule has 1 N–H and O–H groups in total. The molecule has 0 atom stereocenters. The van der Waals surface area contributed by atoms with E-state index in [4.69, 9.17) is 4.42 Å². The third-order valence-electron chi connectivity index (χ3n) is 3.36. The van der Waals surface area contributed by atoms with Crippen LogP contribution >= 0.6 is 11.8 Å². The van der Waals surface area contributed by atoms with Crippen molar-refractivity contribution < 1.29 is 23.9 Å². The summed E-state index contributed by atoms with van der Waals surface area (Å²) in [4.78, 5) is 34.0. The van der Waals surface area contributed by atoms with Crippen LogP contribution in [0.3, 0.4) is 0 Å². The van der Waals surface area contributed by atoms with E-state index in [1.165, 1.54) is 12.1 Å². The van der Waals surface area contributed by atoms with Crippen molar-refractivity contribution in [2.24, 2.45) is 0 Å². The molecule has 0 saturated carbocycles. The zero-order valence-electron chi connectivity index (χ0n) is 11.9. The van der Waals surface area contributed by atoms with Gasteiger partial charge in [-0.3, -0.25) is 14.9 Å². The second-order valence-electron chi connectivity index (χ2n) is 4.82. The van der Waals surface area contributed by atoms with Gasteiger partial charge in [0.2, 0.25) is 0 Å². The summed E-state index contributed by atoms with van der Waals surface area (Å²) in [5.74, 6) is -0.860. The van der Waals surface area contributed by atoms with Gasteiger partial charge in [0.15, 0.2) is 0 Å². The van der Waals surface area contributed by atoms with Gasteiger partial charge in [0, 0.05) is 17.2 Å². The average molecular weight is 328 g/mol. The Kier molecular flexibility index (Phi) is 3.79. The van der Waals surface area contributed by atoms with Gasteiger partial charge in [-0.1, -0.05) is 18.2 Å². The fourth-order valence-electron chi connectivity index (χ4n) is 2.25. The first-order valence-corrected chi connectivity index (χ1v) is 7.43. The van der Waals surface area contributed by atoms with Crippen LogP contribution in [0.5, 0.6) is 0 Å². The van der Waals surface area contributed by atoms with Crippen molar-refractivity contribution in [1.29, 1.82) is 0 Å². The minimum absolute atomic E-state index is 0.0927. The van der Waals surface area contributed by atoms with Crippen molar-refractivity contribution in [3.8, 4) is 11.3 Å². The number of rotatable bonds is 3. The summed E-state index contributed by atoms with van der Waals surface area (Å²) < 4.78 is 5.64. The number of aromatic carboxylic acids is 1. The molecule has 116 valence electrons. The first-order chi connectivity index (χ1) is 11.0. The molecular formula is C16H10NO5S-. The van der Waals surface area contributed by atoms with Gasteiger partial charge in [0.05, 0.1) is 10.9 Å². The average Bonchev–Trinajstić information content (AvgIpc) is 3.06. The summed E-state index contributed by atoms with van der Waals surface area (Å²) in [5, 5.41) is 12.8. The molecule has 2 heterocycles. The normalized spacial score (nSPS) is 16.0. The Morgan fingerprint density at radius 2 is 2.04 bits per heavy atom. The van der Waals surface area contributed by atoms with Gasteiger partial charge in [-0.15, -0.1) is 0 Å². The van der Waals surface area contributed by atoms with E-state index in [-0.39, 0.29) is 10.5 Å². The molecule has 1 fully saturated rings. The van der Waals surface area contributed by atoms with Crippen LogP contribution in [-0.2, 0) is 4.79 Å². The Hall–Kier alpha value is -2.80. The number of furan rings is 1. The third kappa shape index (κ3) is 2.91. The first kappa shape index (κ1) is 15.1. The van der Waals surface area contributed by atoms with Gasteiger partial charge in [0.25, 0.3) is 11.1 Å². The second kappa shape index (κ2) is 5.77. The predicted molar refractivity (Wildman–Crippen MR) is 82.3 cm³/mol. The molecule has 0 bridgehead atoms. The van der Waals surface area contributed by atoms with Crippen LogP contribution in [0.4, 0.5) is 4.79 Å². The van der Waals surface area contributed by atoms with Crippen LogP contribution in [0.25, 0.3) is 17.4 Å². The molecule has 7 heteroatoms. The summed E-state index contributed by atoms with van der Waals surface area (Å²) >= 11 is 0.799. The van der Waals surface area contributed by atoms with E-state index in [1.54, 1.807) is 31.2 Å². The maximum absolute atomic E-state index is 11.5. The predicted octanol–water partition coefficient (Wildman–Crippen LogP) is 1.94. The number of carbonyl (C=O) groups excluding carboxylic acids is 3. The topological polar surface area (TPSA) is 99.4 Å². The molecule has 2 amide bonds. The van der Waals surface area contributed by atoms with Crippen molar-refractivity contribution in [2.75, 3.05) is 0 Å². The number of carboxylic acids is 1. The van der Waals surface area contributed by atoms with Crippen LogP contribution in [0.15, 0.2) is 39.7 Å². The second-order valence-corrected chi connectivity index (χ2v) is 5.83. The lowest BCUT2D eigenvalue weighted by Crippen LogP contribution is -2.23. The quantitative estimate of drug-likeness (QED) is 0.864. The molecule has 0 unspecified atom stereocenters. The summed E-state index contributed by atoms with van der Waals surface area (Å²) in [7, 11) is 0. The first-order valence-electron chi connectivity index (χ1n) is 6.62. The lowest BCUT2D eigenvalue weighted by Gasteiger charge is -2.10. The Morgan fingerprint density at radius 3 is 2.70 bits per heavy atom. The zero-order valence-corrected chi connectivity index (χ0v) is 12.7. The van der Waals surface area contributed by atoms with Crippen LogP contribution in [0, 0.1) is 6.92 Å². The number of nitrogens with one attached hydrogen (secondary N) is 1. The maximum atomic E-state index is 11.5. The number of imide groups is 1. The number of benzene rings is 1. The molecular weight excluding hydrogens is 318 g/mol. The minimum Gasteiger partial charge on any atom is -0.545 e. The number of carbonyl (C=O) groups is 3. The van der Waals surface area contributed by atoms with Crippen molar-refractivity contribution in [3.63, 3.8) is 0 Å². The number of hydrogen-bond acceptors (Lipinski definition) is 6. The molecule has 3 rings (SSSR count). The molecule has 1 aromatic carbocycles. The van der Waals surface area contributed by atoms with Gasteiger partial charge < -0.3 is 14.3 Å². The highest BCUT2D eigenvalue weighted by Crippen LogP contribution is 2.30. The fourth-order valence-corrected chi connectivity index (χ4v) is 2.91. The van der Waals surface area contributed by atoms with Crippen molar-refractivity contribution in [3.05, 3.63) is 52.1 Å². The van der Waals surface area contributed by atoms with E-state index in [1.807, 2.05) is 0 Å². The molecule has 6 nitrogen and oxygen atoms in total. The van der Waals surface area contributed by atoms with E-state index in [2.05, 4.69) is 5.32 Å². The standard InChI is InChI=1S/C16H11NO5S/c1-8-10(3-2-4-11(8)15(19)20)12-6-5-9(22-12)7-13-14(18)17-16(21)23-13/h2-7H,1H3,(H,19,20)(H,17,18,21)/p-1/b13-7-. The molecule has 1 aliphatic heterocycles. The lowest BCUT2D eigenvalue weighted by atomic mass is 10.0. The molecule has 1 saturated heterocycles. The largest absolute Gasteiger partial charge is 0.545 e. The Morgan fingerprint density at radius 1 is 1.26 bits per heavy atom. The summed E-state index contributed by atoms with van der Waals surface area (Å²) in [6, 6.07) is 8.12. The van der Waals surface area contributed by atoms with Crippen LogP contribution in [-0.4, -0.2) is 17.1 Å². The van der Waals surface area contributed by atoms with Crippen molar-refractivity contribution in [1.82, 2.24) is 5.32 Å². The molecule has 23 heavy (non-hydrogen) atoms. The minimum atomic E-state index is -1.25. The van der Waals surface area contributed by atoms with Gasteiger partial charge in [0.1, 0.15) is 11.5 Å². The Bertz CT molecular complexity index is 865. The summed E-state index contributed by atoms with van der Waals surface area (Å²) in [6.45, 7) is 1.67. The molecule has 0 aliphatic carbocycles. The van der Waals surface area contributed by atoms with E-state index >= 15 is 0 Å². The molecule has 1 aliphatic rings. The zero-order chi connectivity index (χ0) is 16.6. The molecule has 0 radical (unpaired) electrons. The summed E-state index contributed by atoms with van der Waals surface area (Å²) in [5.41, 5.74) is 1.25. The van der Waals surface area contributed by atoms with E-state index in [0.29, 0.717) is 22.6 Å². The van der Waals surface area contributed by atoms with Gasteiger partial charge in [-0.25, -0.2) is 0 Å².